The van der Waals surface area contributed by atoms with Gasteiger partial charge in [-0.3, -0.25) is 19.7 Å². The smallest absolute Gasteiger partial charge is 0.269 e. The standard InChI is InChI=1S/C24H17NO5S/c1-14-5-4-6-17(13-14)31-24(15-9-11-16(12-10-15)25(29)30)20-21(26)18-7-2-3-8-19(18)22(27)23(20)28/h2-13,24,26H,1H3. The van der Waals surface area contributed by atoms with Crippen molar-refractivity contribution in [3.63, 3.8) is 0 Å². The van der Waals surface area contributed by atoms with Gasteiger partial charge in [-0.05, 0) is 24.6 Å². The average molecular weight is 431 g/mol. The summed E-state index contributed by atoms with van der Waals surface area (Å²) in [4.78, 5) is 37.2. The third-order valence-corrected chi connectivity index (χ3v) is 6.31. The molecule has 0 saturated carbocycles. The van der Waals surface area contributed by atoms with Crippen molar-refractivity contribution in [3.8, 4) is 0 Å². The van der Waals surface area contributed by atoms with Crippen molar-refractivity contribution < 1.29 is 19.6 Å². The molecule has 4 rings (SSSR count). The summed E-state index contributed by atoms with van der Waals surface area (Å²) in [5.74, 6) is -1.71. The Bertz CT molecular complexity index is 1250. The molecule has 1 aliphatic carbocycles. The number of rotatable bonds is 5. The van der Waals surface area contributed by atoms with E-state index in [4.69, 9.17) is 0 Å². The quantitative estimate of drug-likeness (QED) is 0.249. The first kappa shape index (κ1) is 20.6. The van der Waals surface area contributed by atoms with E-state index in [9.17, 15) is 24.8 Å². The number of hydrogen-bond acceptors (Lipinski definition) is 6. The van der Waals surface area contributed by atoms with Crippen LogP contribution in [-0.4, -0.2) is 21.6 Å². The van der Waals surface area contributed by atoms with Gasteiger partial charge in [0.05, 0.1) is 15.7 Å². The second-order valence-electron chi connectivity index (χ2n) is 7.13. The van der Waals surface area contributed by atoms with Crippen LogP contribution >= 0.6 is 11.8 Å². The predicted molar refractivity (Wildman–Crippen MR) is 118 cm³/mol. The van der Waals surface area contributed by atoms with Gasteiger partial charge in [0.15, 0.2) is 0 Å². The van der Waals surface area contributed by atoms with E-state index in [0.717, 1.165) is 10.5 Å². The van der Waals surface area contributed by atoms with E-state index in [1.165, 1.54) is 30.0 Å². The molecule has 0 radical (unpaired) electrons. The highest BCUT2D eigenvalue weighted by Crippen LogP contribution is 2.45. The van der Waals surface area contributed by atoms with Crippen LogP contribution in [0.15, 0.2) is 83.3 Å². The molecular weight excluding hydrogens is 414 g/mol. The average Bonchev–Trinajstić information content (AvgIpc) is 2.77. The van der Waals surface area contributed by atoms with Crippen LogP contribution in [0.3, 0.4) is 0 Å². The Kier molecular flexibility index (Phi) is 5.44. The zero-order valence-electron chi connectivity index (χ0n) is 16.4. The van der Waals surface area contributed by atoms with Gasteiger partial charge in [0.1, 0.15) is 5.76 Å². The summed E-state index contributed by atoms with van der Waals surface area (Å²) >= 11 is 1.30. The molecule has 1 atom stereocenters. The third kappa shape index (κ3) is 3.87. The van der Waals surface area contributed by atoms with Crippen LogP contribution < -0.4 is 0 Å². The lowest BCUT2D eigenvalue weighted by Crippen LogP contribution is -2.26. The Balaban J connectivity index is 1.88. The van der Waals surface area contributed by atoms with Crippen LogP contribution in [-0.2, 0) is 4.79 Å². The number of nitro groups is 1. The fourth-order valence-electron chi connectivity index (χ4n) is 3.52. The molecule has 3 aromatic rings. The van der Waals surface area contributed by atoms with Crippen molar-refractivity contribution in [1.82, 2.24) is 0 Å². The number of benzene rings is 3. The molecule has 31 heavy (non-hydrogen) atoms. The fraction of sp³-hybridized carbons (Fsp3) is 0.0833. The van der Waals surface area contributed by atoms with Crippen LogP contribution in [0.2, 0.25) is 0 Å². The van der Waals surface area contributed by atoms with Gasteiger partial charge in [-0.15, -0.1) is 11.8 Å². The number of nitro benzene ring substituents is 1. The number of aliphatic hydroxyl groups excluding tert-OH is 1. The number of carbonyl (C=O) groups excluding carboxylic acids is 2. The Morgan fingerprint density at radius 1 is 0.903 bits per heavy atom. The van der Waals surface area contributed by atoms with Gasteiger partial charge in [0, 0.05) is 28.2 Å². The number of aliphatic hydroxyl groups is 1. The van der Waals surface area contributed by atoms with E-state index >= 15 is 0 Å². The molecule has 0 aliphatic heterocycles. The second-order valence-corrected chi connectivity index (χ2v) is 8.31. The monoisotopic (exact) mass is 431 g/mol. The van der Waals surface area contributed by atoms with Gasteiger partial charge in [0.25, 0.3) is 5.69 Å². The first-order chi connectivity index (χ1) is 14.9. The topological polar surface area (TPSA) is 97.5 Å². The van der Waals surface area contributed by atoms with Crippen molar-refractivity contribution >= 4 is 34.8 Å². The SMILES string of the molecule is Cc1cccc(SC(C2=C(O)c3ccccc3C(=O)C2=O)c2ccc([N+](=O)[O-])cc2)c1. The lowest BCUT2D eigenvalue weighted by atomic mass is 9.85. The molecule has 0 aromatic heterocycles. The maximum absolute atomic E-state index is 13.1. The van der Waals surface area contributed by atoms with Crippen molar-refractivity contribution in [3.05, 3.63) is 111 Å². The molecular formula is C24H17NO5S. The molecule has 0 fully saturated rings. The maximum Gasteiger partial charge on any atom is 0.269 e. The molecule has 1 unspecified atom stereocenters. The van der Waals surface area contributed by atoms with E-state index in [-0.39, 0.29) is 22.6 Å². The van der Waals surface area contributed by atoms with E-state index < -0.39 is 21.7 Å². The molecule has 154 valence electrons. The van der Waals surface area contributed by atoms with Crippen LogP contribution in [0.25, 0.3) is 5.76 Å². The van der Waals surface area contributed by atoms with Crippen LogP contribution in [0.4, 0.5) is 5.69 Å². The first-order valence-corrected chi connectivity index (χ1v) is 10.3. The summed E-state index contributed by atoms with van der Waals surface area (Å²) in [5, 5.41) is 21.3. The number of fused-ring (bicyclic) bond motifs is 1. The summed E-state index contributed by atoms with van der Waals surface area (Å²) in [6.45, 7) is 1.94. The van der Waals surface area contributed by atoms with E-state index in [2.05, 4.69) is 0 Å². The van der Waals surface area contributed by atoms with Gasteiger partial charge >= 0.3 is 0 Å². The third-order valence-electron chi connectivity index (χ3n) is 5.05. The maximum atomic E-state index is 13.1. The van der Waals surface area contributed by atoms with Gasteiger partial charge < -0.3 is 5.11 Å². The predicted octanol–water partition coefficient (Wildman–Crippen LogP) is 5.47. The number of nitrogens with zero attached hydrogens (tertiary/aromatic N) is 1. The zero-order valence-corrected chi connectivity index (χ0v) is 17.3. The minimum atomic E-state index is -0.778. The zero-order chi connectivity index (χ0) is 22.1. The number of ketones is 2. The summed E-state index contributed by atoms with van der Waals surface area (Å²) in [6, 6.07) is 19.8. The molecule has 0 heterocycles. The Morgan fingerprint density at radius 2 is 1.58 bits per heavy atom. The van der Waals surface area contributed by atoms with E-state index in [0.29, 0.717) is 11.1 Å². The lowest BCUT2D eigenvalue weighted by Gasteiger charge is -2.25. The highest BCUT2D eigenvalue weighted by Gasteiger charge is 2.38. The number of hydrogen-bond donors (Lipinski definition) is 1. The molecule has 7 heteroatoms. The van der Waals surface area contributed by atoms with Gasteiger partial charge in [0.2, 0.25) is 11.6 Å². The Morgan fingerprint density at radius 3 is 2.23 bits per heavy atom. The van der Waals surface area contributed by atoms with E-state index in [1.54, 1.807) is 30.3 Å². The van der Waals surface area contributed by atoms with Crippen molar-refractivity contribution in [2.45, 2.75) is 17.1 Å². The molecule has 6 nitrogen and oxygen atoms in total. The lowest BCUT2D eigenvalue weighted by molar-refractivity contribution is -0.384. The van der Waals surface area contributed by atoms with Crippen LogP contribution in [0, 0.1) is 17.0 Å². The Labute approximate surface area is 182 Å². The summed E-state index contributed by atoms with van der Waals surface area (Å²) in [7, 11) is 0. The van der Waals surface area contributed by atoms with Gasteiger partial charge in [-0.1, -0.05) is 54.1 Å². The first-order valence-electron chi connectivity index (χ1n) is 9.46. The molecule has 1 N–H and O–H groups in total. The number of non-ortho nitro benzene ring substituents is 1. The summed E-state index contributed by atoms with van der Waals surface area (Å²) in [5.41, 5.74) is 1.94. The molecule has 0 spiro atoms. The molecule has 0 saturated heterocycles. The minimum absolute atomic E-state index is 0.0240. The minimum Gasteiger partial charge on any atom is -0.507 e. The van der Waals surface area contributed by atoms with Crippen molar-refractivity contribution in [2.75, 3.05) is 0 Å². The van der Waals surface area contributed by atoms with Crippen molar-refractivity contribution in [1.29, 1.82) is 0 Å². The number of aryl methyl sites for hydroxylation is 1. The number of thioether (sulfide) groups is 1. The second kappa shape index (κ2) is 8.20. The van der Waals surface area contributed by atoms with Gasteiger partial charge in [-0.2, -0.15) is 0 Å². The van der Waals surface area contributed by atoms with Crippen molar-refractivity contribution in [2.24, 2.45) is 0 Å². The molecule has 3 aromatic carbocycles. The number of Topliss-reactive ketones (excluding diaryl/α,β-unsaturated/α-hetero) is 2. The normalized spacial score (nSPS) is 14.4. The molecule has 1 aliphatic rings. The Hall–Kier alpha value is -3.71. The van der Waals surface area contributed by atoms with Gasteiger partial charge in [-0.25, -0.2) is 0 Å². The fourth-order valence-corrected chi connectivity index (χ4v) is 4.83. The van der Waals surface area contributed by atoms with E-state index in [1.807, 2.05) is 31.2 Å². The summed E-state index contributed by atoms with van der Waals surface area (Å²) < 4.78 is 0. The highest BCUT2D eigenvalue weighted by molar-refractivity contribution is 7.99. The number of carbonyl (C=O) groups is 2. The molecule has 0 bridgehead atoms. The highest BCUT2D eigenvalue weighted by atomic mass is 32.2. The molecule has 0 amide bonds. The largest absolute Gasteiger partial charge is 0.507 e. The van der Waals surface area contributed by atoms with Crippen LogP contribution in [0.1, 0.15) is 32.3 Å². The summed E-state index contributed by atoms with van der Waals surface area (Å²) in [6.07, 6.45) is 0. The van der Waals surface area contributed by atoms with Crippen LogP contribution in [0.5, 0.6) is 0 Å².